The Morgan fingerprint density at radius 2 is 1.95 bits per heavy atom. The second-order valence-electron chi connectivity index (χ2n) is 4.56. The Labute approximate surface area is 127 Å². The highest BCUT2D eigenvalue weighted by Crippen LogP contribution is 2.25. The lowest BCUT2D eigenvalue weighted by molar-refractivity contribution is 0.591. The van der Waals surface area contributed by atoms with Gasteiger partial charge in [0.15, 0.2) is 0 Å². The molecular formula is C13H13ClFN3O2S. The van der Waals surface area contributed by atoms with Crippen LogP contribution < -0.4 is 10.5 Å². The Morgan fingerprint density at radius 3 is 2.57 bits per heavy atom. The van der Waals surface area contributed by atoms with Crippen molar-refractivity contribution in [2.75, 3.05) is 10.5 Å². The highest BCUT2D eigenvalue weighted by molar-refractivity contribution is 7.92. The van der Waals surface area contributed by atoms with Crippen LogP contribution in [-0.2, 0) is 10.0 Å². The van der Waals surface area contributed by atoms with Gasteiger partial charge in [0.05, 0.1) is 16.8 Å². The van der Waals surface area contributed by atoms with Gasteiger partial charge in [0.25, 0.3) is 10.0 Å². The fourth-order valence-electron chi connectivity index (χ4n) is 1.78. The smallest absolute Gasteiger partial charge is 0.262 e. The molecule has 5 nitrogen and oxygen atoms in total. The lowest BCUT2D eigenvalue weighted by atomic mass is 10.2. The van der Waals surface area contributed by atoms with Gasteiger partial charge in [-0.2, -0.15) is 0 Å². The second kappa shape index (κ2) is 5.50. The van der Waals surface area contributed by atoms with E-state index in [9.17, 15) is 12.8 Å². The van der Waals surface area contributed by atoms with Crippen LogP contribution in [0.25, 0.3) is 0 Å². The van der Waals surface area contributed by atoms with Crippen LogP contribution in [0.15, 0.2) is 29.3 Å². The summed E-state index contributed by atoms with van der Waals surface area (Å²) in [5.74, 6) is -0.680. The summed E-state index contributed by atoms with van der Waals surface area (Å²) in [7, 11) is -3.97. The molecule has 0 amide bonds. The molecule has 8 heteroatoms. The zero-order valence-corrected chi connectivity index (χ0v) is 12.9. The molecule has 1 aromatic heterocycles. The van der Waals surface area contributed by atoms with Crippen LogP contribution >= 0.6 is 11.6 Å². The van der Waals surface area contributed by atoms with Gasteiger partial charge in [0.1, 0.15) is 11.0 Å². The first kappa shape index (κ1) is 15.5. The van der Waals surface area contributed by atoms with Crippen molar-refractivity contribution in [1.29, 1.82) is 0 Å². The first-order chi connectivity index (χ1) is 9.70. The van der Waals surface area contributed by atoms with E-state index in [1.165, 1.54) is 25.3 Å². The molecule has 112 valence electrons. The van der Waals surface area contributed by atoms with Crippen molar-refractivity contribution >= 4 is 33.0 Å². The number of sulfonamides is 1. The fourth-order valence-corrected chi connectivity index (χ4v) is 3.20. The number of hydrogen-bond acceptors (Lipinski definition) is 4. The molecule has 1 aromatic carbocycles. The number of hydrogen-bond donors (Lipinski definition) is 2. The fraction of sp³-hybridized carbons (Fsp3) is 0.154. The average Bonchev–Trinajstić information content (AvgIpc) is 2.37. The van der Waals surface area contributed by atoms with Crippen LogP contribution in [0.4, 0.5) is 15.8 Å². The molecule has 0 saturated carbocycles. The Balaban J connectivity index is 2.45. The molecule has 0 spiro atoms. The molecule has 0 aliphatic heterocycles. The lowest BCUT2D eigenvalue weighted by Gasteiger charge is -2.12. The third-order valence-electron chi connectivity index (χ3n) is 2.88. The van der Waals surface area contributed by atoms with Gasteiger partial charge in [-0.15, -0.1) is 0 Å². The normalized spacial score (nSPS) is 11.4. The summed E-state index contributed by atoms with van der Waals surface area (Å²) >= 11 is 5.78. The predicted octanol–water partition coefficient (Wildman–Crippen LogP) is 2.87. The van der Waals surface area contributed by atoms with E-state index < -0.39 is 15.8 Å². The molecule has 2 aromatic rings. The molecule has 0 bridgehead atoms. The summed E-state index contributed by atoms with van der Waals surface area (Å²) < 4.78 is 40.6. The zero-order valence-electron chi connectivity index (χ0n) is 11.3. The third-order valence-corrected chi connectivity index (χ3v) is 4.78. The van der Waals surface area contributed by atoms with Gasteiger partial charge in [-0.3, -0.25) is 4.72 Å². The molecule has 0 aliphatic carbocycles. The first-order valence-corrected chi connectivity index (χ1v) is 7.77. The van der Waals surface area contributed by atoms with Gasteiger partial charge in [0.2, 0.25) is 0 Å². The average molecular weight is 330 g/mol. The molecule has 3 N–H and O–H groups in total. The van der Waals surface area contributed by atoms with E-state index in [0.29, 0.717) is 5.56 Å². The van der Waals surface area contributed by atoms with Crippen molar-refractivity contribution in [3.63, 3.8) is 0 Å². The first-order valence-electron chi connectivity index (χ1n) is 5.91. The number of rotatable bonds is 3. The maximum Gasteiger partial charge on any atom is 0.262 e. The molecule has 0 aliphatic rings. The summed E-state index contributed by atoms with van der Waals surface area (Å²) in [6.07, 6.45) is 1.28. The SMILES string of the molecule is Cc1cc(NS(=O)(=O)c2cc(N)cc(F)c2C)cnc1Cl. The highest BCUT2D eigenvalue weighted by Gasteiger charge is 2.20. The van der Waals surface area contributed by atoms with Gasteiger partial charge in [-0.25, -0.2) is 17.8 Å². The molecule has 2 rings (SSSR count). The van der Waals surface area contributed by atoms with Gasteiger partial charge in [0, 0.05) is 11.3 Å². The molecule has 0 unspecified atom stereocenters. The van der Waals surface area contributed by atoms with Gasteiger partial charge < -0.3 is 5.73 Å². The molecule has 0 atom stereocenters. The van der Waals surface area contributed by atoms with Crippen LogP contribution in [0, 0.1) is 19.7 Å². The minimum atomic E-state index is -3.97. The lowest BCUT2D eigenvalue weighted by Crippen LogP contribution is -2.15. The van der Waals surface area contributed by atoms with E-state index in [1.54, 1.807) is 6.92 Å². The van der Waals surface area contributed by atoms with Gasteiger partial charge >= 0.3 is 0 Å². The highest BCUT2D eigenvalue weighted by atomic mass is 35.5. The largest absolute Gasteiger partial charge is 0.399 e. The molecular weight excluding hydrogens is 317 g/mol. The van der Waals surface area contributed by atoms with E-state index in [0.717, 1.165) is 6.07 Å². The Bertz CT molecular complexity index is 809. The minimum absolute atomic E-state index is 0.00431. The number of aryl methyl sites for hydroxylation is 1. The molecule has 1 heterocycles. The zero-order chi connectivity index (χ0) is 15.8. The van der Waals surface area contributed by atoms with Crippen LogP contribution in [0.2, 0.25) is 5.15 Å². The van der Waals surface area contributed by atoms with Crippen LogP contribution in [0.3, 0.4) is 0 Å². The topological polar surface area (TPSA) is 85.1 Å². The summed E-state index contributed by atoms with van der Waals surface area (Å²) in [5, 5.41) is 0.282. The number of halogens is 2. The number of nitrogens with two attached hydrogens (primary N) is 1. The number of nitrogen functional groups attached to an aromatic ring is 1. The van der Waals surface area contributed by atoms with Gasteiger partial charge in [-0.05, 0) is 37.6 Å². The van der Waals surface area contributed by atoms with Gasteiger partial charge in [-0.1, -0.05) is 11.6 Å². The second-order valence-corrected chi connectivity index (χ2v) is 6.57. The van der Waals surface area contributed by atoms with Crippen molar-refractivity contribution in [1.82, 2.24) is 4.98 Å². The number of nitrogens with zero attached hydrogens (tertiary/aromatic N) is 1. The molecule has 0 radical (unpaired) electrons. The monoisotopic (exact) mass is 329 g/mol. The number of anilines is 2. The quantitative estimate of drug-likeness (QED) is 0.669. The van der Waals surface area contributed by atoms with Crippen molar-refractivity contribution in [3.05, 3.63) is 46.5 Å². The van der Waals surface area contributed by atoms with Crippen LogP contribution in [0.1, 0.15) is 11.1 Å². The van der Waals surface area contributed by atoms with Crippen molar-refractivity contribution in [3.8, 4) is 0 Å². The van der Waals surface area contributed by atoms with E-state index in [1.807, 2.05) is 0 Å². The molecule has 0 saturated heterocycles. The number of aromatic nitrogens is 1. The number of benzene rings is 1. The van der Waals surface area contributed by atoms with Crippen LogP contribution in [-0.4, -0.2) is 13.4 Å². The summed E-state index contributed by atoms with van der Waals surface area (Å²) in [4.78, 5) is 3.64. The summed E-state index contributed by atoms with van der Waals surface area (Å²) in [5.41, 5.74) is 6.38. The summed E-state index contributed by atoms with van der Waals surface area (Å²) in [6, 6.07) is 3.81. The Morgan fingerprint density at radius 1 is 1.29 bits per heavy atom. The van der Waals surface area contributed by atoms with E-state index in [2.05, 4.69) is 9.71 Å². The summed E-state index contributed by atoms with van der Waals surface area (Å²) in [6.45, 7) is 3.06. The van der Waals surface area contributed by atoms with Crippen LogP contribution in [0.5, 0.6) is 0 Å². The van der Waals surface area contributed by atoms with Crippen molar-refractivity contribution in [2.24, 2.45) is 0 Å². The van der Waals surface area contributed by atoms with E-state index in [-0.39, 0.29) is 27.0 Å². The predicted molar refractivity (Wildman–Crippen MR) is 80.3 cm³/mol. The van der Waals surface area contributed by atoms with E-state index >= 15 is 0 Å². The Kier molecular flexibility index (Phi) is 4.06. The third kappa shape index (κ3) is 3.25. The maximum absolute atomic E-state index is 13.6. The van der Waals surface area contributed by atoms with Crippen molar-refractivity contribution < 1.29 is 12.8 Å². The molecule has 21 heavy (non-hydrogen) atoms. The standard InChI is InChI=1S/C13H13ClFN3O2S/c1-7-3-10(6-17-13(7)14)18-21(19,20)12-5-9(16)4-11(15)8(12)2/h3-6,18H,16H2,1-2H3. The number of pyridine rings is 1. The maximum atomic E-state index is 13.6. The van der Waals surface area contributed by atoms with Crippen molar-refractivity contribution in [2.45, 2.75) is 18.7 Å². The Hall–Kier alpha value is -1.86. The van der Waals surface area contributed by atoms with E-state index in [4.69, 9.17) is 17.3 Å². The molecule has 0 fully saturated rings. The minimum Gasteiger partial charge on any atom is -0.399 e. The number of nitrogens with one attached hydrogen (secondary N) is 1.